The number of aromatic hydroxyl groups is 1. The van der Waals surface area contributed by atoms with E-state index in [1.807, 2.05) is 30.3 Å². The molecule has 0 radical (unpaired) electrons. The van der Waals surface area contributed by atoms with Gasteiger partial charge in [0.1, 0.15) is 5.75 Å². The Labute approximate surface area is 310 Å². The van der Waals surface area contributed by atoms with Gasteiger partial charge in [-0.2, -0.15) is 0 Å². The number of anilines is 2. The highest BCUT2D eigenvalue weighted by Gasteiger charge is 2.39. The largest absolute Gasteiger partial charge is 0.495 e. The van der Waals surface area contributed by atoms with Crippen molar-refractivity contribution >= 4 is 29.0 Å². The summed E-state index contributed by atoms with van der Waals surface area (Å²) in [4.78, 5) is 53.9. The Hall–Kier alpha value is -4.34. The molecule has 0 fully saturated rings. The summed E-state index contributed by atoms with van der Waals surface area (Å²) in [5.74, 6) is -1.73. The Kier molecular flexibility index (Phi) is 17.7. The Bertz CT molecular complexity index is 1600. The van der Waals surface area contributed by atoms with Gasteiger partial charge in [0.25, 0.3) is 5.91 Å². The van der Waals surface area contributed by atoms with Crippen LogP contribution in [-0.2, 0) is 20.9 Å². The van der Waals surface area contributed by atoms with Crippen LogP contribution in [0.4, 0.5) is 11.4 Å². The number of ether oxygens (including phenoxy) is 1. The van der Waals surface area contributed by atoms with E-state index in [1.54, 1.807) is 39.0 Å². The van der Waals surface area contributed by atoms with Gasteiger partial charge in [-0.3, -0.25) is 19.0 Å². The number of nitrogens with zero attached hydrogens (tertiary/aromatic N) is 2. The molecule has 2 aromatic carbocycles. The van der Waals surface area contributed by atoms with Crippen LogP contribution in [0.5, 0.6) is 11.6 Å². The minimum atomic E-state index is -1.67. The highest BCUT2D eigenvalue weighted by atomic mass is 16.5. The van der Waals surface area contributed by atoms with Crippen molar-refractivity contribution in [3.63, 3.8) is 0 Å². The highest BCUT2D eigenvalue weighted by molar-refractivity contribution is 6.11. The Balaban J connectivity index is 1.54. The summed E-state index contributed by atoms with van der Waals surface area (Å²) in [7, 11) is 1.44. The minimum absolute atomic E-state index is 0.130. The summed E-state index contributed by atoms with van der Waals surface area (Å²) in [6.07, 6.45) is 20.5. The van der Waals surface area contributed by atoms with E-state index in [2.05, 4.69) is 17.6 Å². The van der Waals surface area contributed by atoms with Gasteiger partial charge in [0.05, 0.1) is 25.5 Å². The molecule has 1 aromatic heterocycles. The fraction of sp³-hybridized carbons (Fsp3) is 0.571. The third-order valence-electron chi connectivity index (χ3n) is 9.41. The van der Waals surface area contributed by atoms with Gasteiger partial charge in [0, 0.05) is 17.5 Å². The van der Waals surface area contributed by atoms with Gasteiger partial charge in [0.2, 0.25) is 11.8 Å². The lowest BCUT2D eigenvalue weighted by Gasteiger charge is -2.25. The maximum absolute atomic E-state index is 13.9. The third-order valence-corrected chi connectivity index (χ3v) is 9.41. The van der Waals surface area contributed by atoms with Gasteiger partial charge in [-0.05, 0) is 30.2 Å². The second-order valence-electron chi connectivity index (χ2n) is 14.9. The van der Waals surface area contributed by atoms with Gasteiger partial charge < -0.3 is 20.5 Å². The SMILES string of the molecule is CCCCCCCCCCCCCCCCCC(=O)Nc1ccc(OC)c(NC(=O)C(C(=O)C(C)(C)C)n2c(O)cn(Cc3ccccc3)c2=O)c1. The molecule has 3 rings (SSSR count). The third kappa shape index (κ3) is 13.7. The molecule has 0 spiro atoms. The molecule has 0 aliphatic rings. The van der Waals surface area contributed by atoms with E-state index in [0.29, 0.717) is 17.9 Å². The van der Waals surface area contributed by atoms with Crippen LogP contribution in [0.25, 0.3) is 0 Å². The first kappa shape index (κ1) is 42.1. The predicted molar refractivity (Wildman–Crippen MR) is 209 cm³/mol. The van der Waals surface area contributed by atoms with Gasteiger partial charge in [-0.25, -0.2) is 9.36 Å². The zero-order chi connectivity index (χ0) is 37.9. The summed E-state index contributed by atoms with van der Waals surface area (Å²) in [6.45, 7) is 7.34. The van der Waals surface area contributed by atoms with Gasteiger partial charge in [-0.15, -0.1) is 0 Å². The summed E-state index contributed by atoms with van der Waals surface area (Å²) in [6, 6.07) is 12.4. The molecule has 1 unspecified atom stereocenters. The summed E-state index contributed by atoms with van der Waals surface area (Å²) in [5, 5.41) is 16.5. The predicted octanol–water partition coefficient (Wildman–Crippen LogP) is 9.41. The van der Waals surface area contributed by atoms with E-state index in [1.165, 1.54) is 94.9 Å². The van der Waals surface area contributed by atoms with Gasteiger partial charge >= 0.3 is 5.69 Å². The number of imidazole rings is 1. The quantitative estimate of drug-likeness (QED) is 0.0625. The first-order valence-electron chi connectivity index (χ1n) is 19.3. The maximum atomic E-state index is 13.9. The van der Waals surface area contributed by atoms with Crippen LogP contribution in [-0.4, -0.2) is 38.9 Å². The first-order chi connectivity index (χ1) is 25.0. The molecule has 0 aliphatic carbocycles. The number of carbonyl (C=O) groups excluding carboxylic acids is 3. The fourth-order valence-electron chi connectivity index (χ4n) is 6.36. The number of benzene rings is 2. The number of hydrogen-bond acceptors (Lipinski definition) is 6. The van der Waals surface area contributed by atoms with E-state index in [9.17, 15) is 24.3 Å². The normalized spacial score (nSPS) is 12.0. The number of carbonyl (C=O) groups is 3. The Morgan fingerprint density at radius 2 is 1.35 bits per heavy atom. The van der Waals surface area contributed by atoms with Crippen LogP contribution in [0.2, 0.25) is 0 Å². The van der Waals surface area contributed by atoms with Crippen molar-refractivity contribution in [2.45, 2.75) is 143 Å². The molecule has 0 aliphatic heterocycles. The molecule has 286 valence electrons. The molecular formula is C42H62N4O6. The van der Waals surface area contributed by atoms with E-state index in [4.69, 9.17) is 4.74 Å². The molecule has 10 heteroatoms. The second kappa shape index (κ2) is 21.9. The van der Waals surface area contributed by atoms with E-state index >= 15 is 0 Å². The summed E-state index contributed by atoms with van der Waals surface area (Å²) >= 11 is 0. The van der Waals surface area contributed by atoms with Crippen molar-refractivity contribution in [1.82, 2.24) is 9.13 Å². The second-order valence-corrected chi connectivity index (χ2v) is 14.9. The van der Waals surface area contributed by atoms with E-state index in [0.717, 1.165) is 29.4 Å². The van der Waals surface area contributed by atoms with Gasteiger partial charge in [-0.1, -0.05) is 148 Å². The lowest BCUT2D eigenvalue weighted by atomic mass is 9.86. The molecule has 10 nitrogen and oxygen atoms in total. The highest BCUT2D eigenvalue weighted by Crippen LogP contribution is 2.31. The molecule has 2 amide bonds. The number of amides is 2. The number of Topliss-reactive ketones (excluding diaryl/α,β-unsaturated/α-hetero) is 1. The zero-order valence-electron chi connectivity index (χ0n) is 32.2. The summed E-state index contributed by atoms with van der Waals surface area (Å²) < 4.78 is 7.54. The molecule has 0 saturated heterocycles. The van der Waals surface area contributed by atoms with Crippen LogP contribution in [0.1, 0.15) is 142 Å². The molecular weight excluding hydrogens is 656 g/mol. The topological polar surface area (TPSA) is 132 Å². The van der Waals surface area contributed by atoms with E-state index in [-0.39, 0.29) is 18.1 Å². The smallest absolute Gasteiger partial charge is 0.332 e. The van der Waals surface area contributed by atoms with Crippen molar-refractivity contribution in [2.24, 2.45) is 5.41 Å². The van der Waals surface area contributed by atoms with Crippen LogP contribution < -0.4 is 21.1 Å². The van der Waals surface area contributed by atoms with Crippen molar-refractivity contribution < 1.29 is 24.2 Å². The molecule has 3 aromatic rings. The number of unbranched alkanes of at least 4 members (excludes halogenated alkanes) is 14. The lowest BCUT2D eigenvalue weighted by Crippen LogP contribution is -2.43. The number of rotatable bonds is 24. The number of methoxy groups -OCH3 is 1. The monoisotopic (exact) mass is 718 g/mol. The first-order valence-corrected chi connectivity index (χ1v) is 19.3. The Morgan fingerprint density at radius 3 is 1.88 bits per heavy atom. The van der Waals surface area contributed by atoms with Crippen molar-refractivity contribution in [1.29, 1.82) is 0 Å². The molecule has 1 atom stereocenters. The number of nitrogens with one attached hydrogen (secondary N) is 2. The van der Waals surface area contributed by atoms with Gasteiger partial charge in [0.15, 0.2) is 11.8 Å². The van der Waals surface area contributed by atoms with Crippen molar-refractivity contribution in [2.75, 3.05) is 17.7 Å². The molecule has 52 heavy (non-hydrogen) atoms. The molecule has 3 N–H and O–H groups in total. The molecule has 0 bridgehead atoms. The fourth-order valence-corrected chi connectivity index (χ4v) is 6.36. The van der Waals surface area contributed by atoms with Crippen molar-refractivity contribution in [3.05, 3.63) is 70.8 Å². The van der Waals surface area contributed by atoms with Crippen LogP contribution >= 0.6 is 0 Å². The zero-order valence-corrected chi connectivity index (χ0v) is 32.2. The molecule has 1 heterocycles. The van der Waals surface area contributed by atoms with Crippen LogP contribution in [0.3, 0.4) is 0 Å². The Morgan fingerprint density at radius 1 is 0.788 bits per heavy atom. The van der Waals surface area contributed by atoms with Crippen molar-refractivity contribution in [3.8, 4) is 11.6 Å². The number of aromatic nitrogens is 2. The lowest BCUT2D eigenvalue weighted by molar-refractivity contribution is -0.135. The summed E-state index contributed by atoms with van der Waals surface area (Å²) in [5.41, 5.74) is -0.253. The standard InChI is InChI=1S/C42H62N4O6/c1-6-7-8-9-10-11-12-13-14-15-16-17-18-19-23-26-36(47)43-33-27-28-35(52-5)34(29-33)44-40(50)38(39(49)42(2,3)4)46-37(48)31-45(41(46)51)30-32-24-21-20-22-25-32/h20-22,24-25,27-29,31,38,48H,6-19,23,26,30H2,1-5H3,(H,43,47)(H,44,50). The molecule has 0 saturated carbocycles. The van der Waals surface area contributed by atoms with E-state index < -0.39 is 34.7 Å². The maximum Gasteiger partial charge on any atom is 0.332 e. The average Bonchev–Trinajstić information content (AvgIpc) is 3.38. The van der Waals surface area contributed by atoms with Crippen LogP contribution in [0.15, 0.2) is 59.5 Å². The number of ketones is 1. The number of hydrogen-bond donors (Lipinski definition) is 3. The minimum Gasteiger partial charge on any atom is -0.495 e. The average molecular weight is 719 g/mol. The van der Waals surface area contributed by atoms with Crippen LogP contribution in [0, 0.1) is 5.41 Å².